The minimum absolute atomic E-state index is 0.152. The Morgan fingerprint density at radius 2 is 1.90 bits per heavy atom. The lowest BCUT2D eigenvalue weighted by Crippen LogP contribution is -2.44. The molecule has 1 aliphatic rings. The third kappa shape index (κ3) is 2.40. The van der Waals surface area contributed by atoms with E-state index >= 15 is 0 Å². The highest BCUT2D eigenvalue weighted by atomic mass is 19.4. The molecule has 0 aromatic heterocycles. The second kappa shape index (κ2) is 4.69. The Bertz CT molecular complexity index is 583. The molecule has 0 saturated carbocycles. The topological polar surface area (TPSA) is 77.8 Å². The van der Waals surface area contributed by atoms with Gasteiger partial charge in [0.1, 0.15) is 5.75 Å². The van der Waals surface area contributed by atoms with Crippen molar-refractivity contribution in [3.05, 3.63) is 23.3 Å². The van der Waals surface area contributed by atoms with Crippen molar-refractivity contribution in [3.63, 3.8) is 0 Å². The van der Waals surface area contributed by atoms with Crippen LogP contribution in [-0.4, -0.2) is 34.8 Å². The van der Waals surface area contributed by atoms with Gasteiger partial charge in [-0.3, -0.25) is 4.79 Å². The fraction of sp³-hybridized carbons (Fsp3) is 0.333. The van der Waals surface area contributed by atoms with Crippen LogP contribution in [0.1, 0.15) is 22.3 Å². The van der Waals surface area contributed by atoms with Crippen LogP contribution >= 0.6 is 0 Å². The van der Waals surface area contributed by atoms with Crippen molar-refractivity contribution in [2.45, 2.75) is 19.0 Å². The van der Waals surface area contributed by atoms with Crippen LogP contribution in [-0.2, 0) is 11.2 Å². The number of fused-ring (bicyclic) bond motifs is 1. The summed E-state index contributed by atoms with van der Waals surface area (Å²) in [6.45, 7) is -0.173. The summed E-state index contributed by atoms with van der Waals surface area (Å²) in [5.41, 5.74) is -0.419. The molecule has 1 aliphatic heterocycles. The maximum absolute atomic E-state index is 12.5. The van der Waals surface area contributed by atoms with E-state index in [0.717, 1.165) is 12.1 Å². The molecule has 0 radical (unpaired) electrons. The van der Waals surface area contributed by atoms with Crippen molar-refractivity contribution in [2.24, 2.45) is 0 Å². The molecule has 0 saturated heterocycles. The summed E-state index contributed by atoms with van der Waals surface area (Å²) >= 11 is 0. The van der Waals surface area contributed by atoms with Gasteiger partial charge in [0.15, 0.2) is 0 Å². The molecule has 0 fully saturated rings. The molecule has 1 heterocycles. The number of anilines is 1. The molecule has 0 atom stereocenters. The van der Waals surface area contributed by atoms with Gasteiger partial charge in [0, 0.05) is 12.1 Å². The van der Waals surface area contributed by atoms with Gasteiger partial charge in [0.05, 0.1) is 11.3 Å². The number of rotatable bonds is 1. The van der Waals surface area contributed by atoms with Gasteiger partial charge in [-0.1, -0.05) is 0 Å². The largest absolute Gasteiger partial charge is 0.508 e. The number of carbonyl (C=O) groups is 2. The van der Waals surface area contributed by atoms with Crippen LogP contribution in [0.5, 0.6) is 5.75 Å². The number of halogens is 3. The van der Waals surface area contributed by atoms with Crippen molar-refractivity contribution < 1.29 is 33.0 Å². The van der Waals surface area contributed by atoms with Crippen LogP contribution in [0.3, 0.4) is 0 Å². The number of carboxylic acid groups (broad SMARTS) is 1. The fourth-order valence-corrected chi connectivity index (χ4v) is 2.16. The highest BCUT2D eigenvalue weighted by Gasteiger charge is 2.44. The molecule has 1 amide bonds. The Labute approximate surface area is 111 Å². The third-order valence-electron chi connectivity index (χ3n) is 3.04. The van der Waals surface area contributed by atoms with Crippen LogP contribution in [0.2, 0.25) is 0 Å². The lowest BCUT2D eigenvalue weighted by molar-refractivity contribution is -0.170. The summed E-state index contributed by atoms with van der Waals surface area (Å²) in [5.74, 6) is -3.88. The number of carboxylic acids is 1. The van der Waals surface area contributed by atoms with Crippen LogP contribution < -0.4 is 4.90 Å². The van der Waals surface area contributed by atoms with Crippen LogP contribution in [0.25, 0.3) is 0 Å². The number of phenolic OH excluding ortho intramolecular Hbond substituents is 1. The average Bonchev–Trinajstić information content (AvgIpc) is 2.36. The van der Waals surface area contributed by atoms with E-state index in [0.29, 0.717) is 4.90 Å². The summed E-state index contributed by atoms with van der Waals surface area (Å²) in [6.07, 6.45) is -4.51. The summed E-state index contributed by atoms with van der Waals surface area (Å²) in [6, 6.07) is 1.93. The van der Waals surface area contributed by atoms with E-state index in [-0.39, 0.29) is 36.2 Å². The van der Waals surface area contributed by atoms with Crippen LogP contribution in [0, 0.1) is 0 Å². The first-order chi connectivity index (χ1) is 9.21. The highest BCUT2D eigenvalue weighted by Crippen LogP contribution is 2.37. The summed E-state index contributed by atoms with van der Waals surface area (Å²) in [5, 5.41) is 18.6. The zero-order valence-electron chi connectivity index (χ0n) is 10.1. The summed E-state index contributed by atoms with van der Waals surface area (Å²) in [4.78, 5) is 22.7. The van der Waals surface area contributed by atoms with E-state index in [1.165, 1.54) is 0 Å². The SMILES string of the molecule is O=C(O)c1cc(O)c2c(c1)N(C(=O)C(F)(F)F)CCC2. The molecule has 20 heavy (non-hydrogen) atoms. The molecule has 1 aromatic carbocycles. The fourth-order valence-electron chi connectivity index (χ4n) is 2.16. The minimum Gasteiger partial charge on any atom is -0.508 e. The average molecular weight is 289 g/mol. The molecule has 0 bridgehead atoms. The molecule has 1 aromatic rings. The Balaban J connectivity index is 2.54. The number of carbonyl (C=O) groups excluding carboxylic acids is 1. The first-order valence-corrected chi connectivity index (χ1v) is 5.69. The Morgan fingerprint density at radius 3 is 2.45 bits per heavy atom. The molecule has 5 nitrogen and oxygen atoms in total. The second-order valence-corrected chi connectivity index (χ2v) is 4.36. The maximum atomic E-state index is 12.5. The molecule has 8 heteroatoms. The minimum atomic E-state index is -5.05. The molecule has 0 spiro atoms. The Kier molecular flexibility index (Phi) is 3.33. The van der Waals surface area contributed by atoms with Gasteiger partial charge in [-0.15, -0.1) is 0 Å². The standard InChI is InChI=1S/C12H10F3NO4/c13-12(14,15)11(20)16-3-1-2-7-8(16)4-6(10(18)19)5-9(7)17/h4-5,17H,1-3H2,(H,18,19). The van der Waals surface area contributed by atoms with Gasteiger partial charge in [-0.05, 0) is 25.0 Å². The number of hydrogen-bond acceptors (Lipinski definition) is 3. The van der Waals surface area contributed by atoms with Crippen LogP contribution in [0.15, 0.2) is 12.1 Å². The van der Waals surface area contributed by atoms with Crippen LogP contribution in [0.4, 0.5) is 18.9 Å². The Morgan fingerprint density at radius 1 is 1.25 bits per heavy atom. The Hall–Kier alpha value is -2.25. The highest BCUT2D eigenvalue weighted by molar-refractivity contribution is 6.00. The molecule has 2 N–H and O–H groups in total. The number of hydrogen-bond donors (Lipinski definition) is 2. The molecule has 0 unspecified atom stereocenters. The van der Waals surface area contributed by atoms with E-state index in [2.05, 4.69) is 0 Å². The molecule has 108 valence electrons. The number of alkyl halides is 3. The smallest absolute Gasteiger partial charge is 0.471 e. The van der Waals surface area contributed by atoms with Crippen molar-refractivity contribution in [2.75, 3.05) is 11.4 Å². The summed E-state index contributed by atoms with van der Waals surface area (Å²) < 4.78 is 37.6. The van der Waals surface area contributed by atoms with Crippen molar-refractivity contribution in [1.29, 1.82) is 0 Å². The first kappa shape index (κ1) is 14.2. The van der Waals surface area contributed by atoms with Crippen molar-refractivity contribution >= 4 is 17.6 Å². The summed E-state index contributed by atoms with van der Waals surface area (Å²) in [7, 11) is 0. The zero-order chi connectivity index (χ0) is 15.1. The number of benzene rings is 1. The van der Waals surface area contributed by atoms with E-state index in [1.807, 2.05) is 0 Å². The van der Waals surface area contributed by atoms with Gasteiger partial charge < -0.3 is 15.1 Å². The number of phenols is 1. The third-order valence-corrected chi connectivity index (χ3v) is 3.04. The molecule has 2 rings (SSSR count). The predicted molar refractivity (Wildman–Crippen MR) is 61.8 cm³/mol. The molecular weight excluding hydrogens is 279 g/mol. The number of nitrogens with zero attached hydrogens (tertiary/aromatic N) is 1. The predicted octanol–water partition coefficient (Wildman–Crippen LogP) is 1.93. The lowest BCUT2D eigenvalue weighted by atomic mass is 9.98. The zero-order valence-corrected chi connectivity index (χ0v) is 10.1. The number of aromatic hydroxyl groups is 1. The number of amides is 1. The van der Waals surface area contributed by atoms with Gasteiger partial charge >= 0.3 is 18.1 Å². The monoisotopic (exact) mass is 289 g/mol. The quantitative estimate of drug-likeness (QED) is 0.828. The van der Waals surface area contributed by atoms with Gasteiger partial charge in [-0.2, -0.15) is 13.2 Å². The normalized spacial score (nSPS) is 14.8. The van der Waals surface area contributed by atoms with Gasteiger partial charge in [-0.25, -0.2) is 4.79 Å². The van der Waals surface area contributed by atoms with E-state index in [4.69, 9.17) is 5.11 Å². The first-order valence-electron chi connectivity index (χ1n) is 5.69. The van der Waals surface area contributed by atoms with E-state index in [1.54, 1.807) is 0 Å². The maximum Gasteiger partial charge on any atom is 0.471 e. The second-order valence-electron chi connectivity index (χ2n) is 4.36. The molecular formula is C12H10F3NO4. The lowest BCUT2D eigenvalue weighted by Gasteiger charge is -2.30. The number of aromatic carboxylic acids is 1. The van der Waals surface area contributed by atoms with Gasteiger partial charge in [0.25, 0.3) is 0 Å². The van der Waals surface area contributed by atoms with Gasteiger partial charge in [0.2, 0.25) is 0 Å². The van der Waals surface area contributed by atoms with E-state index in [9.17, 15) is 27.9 Å². The molecule has 0 aliphatic carbocycles. The van der Waals surface area contributed by atoms with E-state index < -0.39 is 23.8 Å². The van der Waals surface area contributed by atoms with Crippen molar-refractivity contribution in [3.8, 4) is 5.75 Å². The van der Waals surface area contributed by atoms with Crippen molar-refractivity contribution in [1.82, 2.24) is 0 Å².